The van der Waals surface area contributed by atoms with Crippen molar-refractivity contribution in [1.82, 2.24) is 10.2 Å². The first-order valence-corrected chi connectivity index (χ1v) is 10.1. The number of rotatable bonds is 7. The van der Waals surface area contributed by atoms with Crippen molar-refractivity contribution in [3.63, 3.8) is 0 Å². The lowest BCUT2D eigenvalue weighted by Crippen LogP contribution is -2.30. The third-order valence-corrected chi connectivity index (χ3v) is 5.56. The average molecular weight is 415 g/mol. The normalized spacial score (nSPS) is 15.3. The van der Waals surface area contributed by atoms with Crippen LogP contribution in [-0.2, 0) is 16.1 Å². The Morgan fingerprint density at radius 1 is 1.14 bits per heavy atom. The molecule has 0 aromatic heterocycles. The molecule has 2 aromatic carbocycles. The fraction of sp³-hybridized carbons (Fsp3) is 0.190. The van der Waals surface area contributed by atoms with Gasteiger partial charge in [0, 0.05) is 25.1 Å². The van der Waals surface area contributed by atoms with E-state index < -0.39 is 0 Å². The molecule has 1 fully saturated rings. The number of halogens is 1. The topological polar surface area (TPSA) is 49.4 Å². The van der Waals surface area contributed by atoms with E-state index in [1.807, 2.05) is 30.3 Å². The highest BCUT2D eigenvalue weighted by Crippen LogP contribution is 2.33. The number of amides is 2. The van der Waals surface area contributed by atoms with E-state index in [2.05, 4.69) is 5.32 Å². The second-order valence-electron chi connectivity index (χ2n) is 6.22. The van der Waals surface area contributed by atoms with Gasteiger partial charge < -0.3 is 5.32 Å². The first-order chi connectivity index (χ1) is 13.5. The Morgan fingerprint density at radius 2 is 1.86 bits per heavy atom. The van der Waals surface area contributed by atoms with Crippen LogP contribution in [0.4, 0.5) is 4.39 Å². The van der Waals surface area contributed by atoms with Crippen molar-refractivity contribution in [2.75, 3.05) is 6.54 Å². The van der Waals surface area contributed by atoms with E-state index >= 15 is 0 Å². The van der Waals surface area contributed by atoms with Crippen LogP contribution >= 0.6 is 24.0 Å². The number of nitrogens with one attached hydrogen (secondary N) is 1. The summed E-state index contributed by atoms with van der Waals surface area (Å²) in [5.41, 5.74) is 1.38. The zero-order chi connectivity index (χ0) is 19.9. The molecule has 2 amide bonds. The van der Waals surface area contributed by atoms with E-state index in [9.17, 15) is 14.0 Å². The molecule has 0 saturated carbocycles. The smallest absolute Gasteiger partial charge is 0.266 e. The minimum atomic E-state index is -0.386. The van der Waals surface area contributed by atoms with Gasteiger partial charge in [0.2, 0.25) is 5.91 Å². The van der Waals surface area contributed by atoms with Gasteiger partial charge in [-0.05, 0) is 24.1 Å². The number of nitrogens with zero attached hydrogens (tertiary/aromatic N) is 1. The molecule has 1 heterocycles. The molecule has 0 bridgehead atoms. The van der Waals surface area contributed by atoms with Crippen molar-refractivity contribution < 1.29 is 14.0 Å². The van der Waals surface area contributed by atoms with Gasteiger partial charge in [0.15, 0.2) is 0 Å². The molecule has 1 saturated heterocycles. The lowest BCUT2D eigenvalue weighted by atomic mass is 10.2. The van der Waals surface area contributed by atoms with Crippen LogP contribution in [0.15, 0.2) is 59.5 Å². The van der Waals surface area contributed by atoms with Crippen molar-refractivity contribution in [2.45, 2.75) is 19.4 Å². The highest BCUT2D eigenvalue weighted by atomic mass is 32.2. The average Bonchev–Trinajstić information content (AvgIpc) is 2.96. The summed E-state index contributed by atoms with van der Waals surface area (Å²) < 4.78 is 14.2. The molecule has 0 aliphatic carbocycles. The van der Waals surface area contributed by atoms with Gasteiger partial charge in [-0.2, -0.15) is 0 Å². The quantitative estimate of drug-likeness (QED) is 0.547. The number of thioether (sulfide) groups is 1. The van der Waals surface area contributed by atoms with Gasteiger partial charge in [0.1, 0.15) is 10.1 Å². The summed E-state index contributed by atoms with van der Waals surface area (Å²) in [6.45, 7) is 0.837. The molecule has 3 rings (SSSR count). The predicted octanol–water partition coefficient (Wildman–Crippen LogP) is 4.12. The van der Waals surface area contributed by atoms with E-state index in [1.165, 1.54) is 17.0 Å². The minimum Gasteiger partial charge on any atom is -0.352 e. The molecule has 0 atom stereocenters. The zero-order valence-electron chi connectivity index (χ0n) is 15.1. The second kappa shape index (κ2) is 9.61. The number of hydrogen-bond donors (Lipinski definition) is 1. The Balaban J connectivity index is 1.49. The second-order valence-corrected chi connectivity index (χ2v) is 7.90. The number of thiocarbonyl (C=S) groups is 1. The Morgan fingerprint density at radius 3 is 2.61 bits per heavy atom. The van der Waals surface area contributed by atoms with Crippen molar-refractivity contribution in [1.29, 1.82) is 0 Å². The summed E-state index contributed by atoms with van der Waals surface area (Å²) in [5.74, 6) is -0.706. The number of carbonyl (C=O) groups is 2. The maximum absolute atomic E-state index is 13.8. The Hall–Kier alpha value is -2.51. The summed E-state index contributed by atoms with van der Waals surface area (Å²) in [6, 6.07) is 15.9. The van der Waals surface area contributed by atoms with E-state index in [1.54, 1.807) is 18.2 Å². The third kappa shape index (κ3) is 5.27. The molecule has 0 unspecified atom stereocenters. The van der Waals surface area contributed by atoms with Crippen LogP contribution < -0.4 is 5.32 Å². The highest BCUT2D eigenvalue weighted by molar-refractivity contribution is 8.26. The number of carbonyl (C=O) groups excluding carboxylic acids is 2. The van der Waals surface area contributed by atoms with Crippen LogP contribution in [0.1, 0.15) is 24.0 Å². The molecule has 2 aromatic rings. The van der Waals surface area contributed by atoms with E-state index in [4.69, 9.17) is 12.2 Å². The molecule has 144 valence electrons. The monoisotopic (exact) mass is 414 g/mol. The van der Waals surface area contributed by atoms with Crippen LogP contribution in [0.5, 0.6) is 0 Å². The summed E-state index contributed by atoms with van der Waals surface area (Å²) in [5, 5.41) is 2.86. The van der Waals surface area contributed by atoms with Gasteiger partial charge in [-0.25, -0.2) is 4.39 Å². The van der Waals surface area contributed by atoms with Gasteiger partial charge in [-0.1, -0.05) is 72.5 Å². The summed E-state index contributed by atoms with van der Waals surface area (Å²) in [6.07, 6.45) is 2.32. The Bertz CT molecular complexity index is 916. The van der Waals surface area contributed by atoms with E-state index in [0.29, 0.717) is 40.7 Å². The van der Waals surface area contributed by atoms with Crippen molar-refractivity contribution in [2.24, 2.45) is 0 Å². The van der Waals surface area contributed by atoms with Gasteiger partial charge in [0.05, 0.1) is 4.91 Å². The standard InChI is InChI=1S/C21H19FN2O2S2/c22-17-10-5-4-9-16(17)13-18-20(26)24(21(27)28-18)12-6-11-19(25)23-14-15-7-2-1-3-8-15/h1-5,7-10,13H,6,11-12,14H2,(H,23,25)/b18-13-. The van der Waals surface area contributed by atoms with Gasteiger partial charge in [-0.3, -0.25) is 14.5 Å². The van der Waals surface area contributed by atoms with E-state index in [0.717, 1.165) is 17.3 Å². The molecule has 1 aliphatic rings. The minimum absolute atomic E-state index is 0.0730. The van der Waals surface area contributed by atoms with Gasteiger partial charge in [0.25, 0.3) is 5.91 Å². The van der Waals surface area contributed by atoms with E-state index in [-0.39, 0.29) is 17.6 Å². The molecular formula is C21H19FN2O2S2. The SMILES string of the molecule is O=C(CCCN1C(=O)/C(=C/c2ccccc2F)SC1=S)NCc1ccccc1. The largest absolute Gasteiger partial charge is 0.352 e. The lowest BCUT2D eigenvalue weighted by Gasteiger charge is -2.14. The number of hydrogen-bond acceptors (Lipinski definition) is 4. The van der Waals surface area contributed by atoms with Crippen LogP contribution in [0.3, 0.4) is 0 Å². The highest BCUT2D eigenvalue weighted by Gasteiger charge is 2.31. The summed E-state index contributed by atoms with van der Waals surface area (Å²) in [4.78, 5) is 26.4. The maximum Gasteiger partial charge on any atom is 0.266 e. The molecule has 7 heteroatoms. The first-order valence-electron chi connectivity index (χ1n) is 8.85. The van der Waals surface area contributed by atoms with Crippen molar-refractivity contribution in [3.8, 4) is 0 Å². The first kappa shape index (κ1) is 20.2. The van der Waals surface area contributed by atoms with Crippen LogP contribution in [0.2, 0.25) is 0 Å². The molecule has 4 nitrogen and oxygen atoms in total. The Kier molecular flexibility index (Phi) is 6.95. The third-order valence-electron chi connectivity index (χ3n) is 4.18. The maximum atomic E-state index is 13.8. The molecule has 1 aliphatic heterocycles. The fourth-order valence-electron chi connectivity index (χ4n) is 2.71. The van der Waals surface area contributed by atoms with Gasteiger partial charge in [-0.15, -0.1) is 0 Å². The van der Waals surface area contributed by atoms with Crippen LogP contribution in [-0.4, -0.2) is 27.6 Å². The summed E-state index contributed by atoms with van der Waals surface area (Å²) in [7, 11) is 0. The Labute approximate surface area is 172 Å². The zero-order valence-corrected chi connectivity index (χ0v) is 16.7. The van der Waals surface area contributed by atoms with Crippen LogP contribution in [0.25, 0.3) is 6.08 Å². The molecule has 0 radical (unpaired) electrons. The lowest BCUT2D eigenvalue weighted by molar-refractivity contribution is -0.124. The van der Waals surface area contributed by atoms with Crippen molar-refractivity contribution >= 4 is 46.2 Å². The molecular weight excluding hydrogens is 395 g/mol. The fourth-order valence-corrected chi connectivity index (χ4v) is 4.01. The molecule has 1 N–H and O–H groups in total. The predicted molar refractivity (Wildman–Crippen MR) is 114 cm³/mol. The van der Waals surface area contributed by atoms with Crippen LogP contribution in [0, 0.1) is 5.82 Å². The van der Waals surface area contributed by atoms with Crippen molar-refractivity contribution in [3.05, 3.63) is 76.4 Å². The molecule has 0 spiro atoms. The van der Waals surface area contributed by atoms with Gasteiger partial charge >= 0.3 is 0 Å². The molecule has 28 heavy (non-hydrogen) atoms. The summed E-state index contributed by atoms with van der Waals surface area (Å²) >= 11 is 6.42. The number of benzene rings is 2.